The van der Waals surface area contributed by atoms with Crippen molar-refractivity contribution in [3.8, 4) is 0 Å². The highest BCUT2D eigenvalue weighted by Crippen LogP contribution is 2.32. The van der Waals surface area contributed by atoms with Gasteiger partial charge in [-0.3, -0.25) is 0 Å². The van der Waals surface area contributed by atoms with Crippen LogP contribution in [-0.4, -0.2) is 18.3 Å². The van der Waals surface area contributed by atoms with Crippen LogP contribution < -0.4 is 5.32 Å². The molecule has 106 valence electrons. The van der Waals surface area contributed by atoms with Gasteiger partial charge in [0.25, 0.3) is 0 Å². The van der Waals surface area contributed by atoms with Crippen LogP contribution in [0.5, 0.6) is 0 Å². The molecule has 0 amide bonds. The Morgan fingerprint density at radius 1 is 1.32 bits per heavy atom. The van der Waals surface area contributed by atoms with Gasteiger partial charge >= 0.3 is 0 Å². The van der Waals surface area contributed by atoms with Gasteiger partial charge in [-0.2, -0.15) is 0 Å². The van der Waals surface area contributed by atoms with Gasteiger partial charge in [0.05, 0.1) is 0 Å². The average Bonchev–Trinajstić information content (AvgIpc) is 2.35. The van der Waals surface area contributed by atoms with E-state index >= 15 is 0 Å². The standard InChI is InChI=1S/C15H20Cl2FN/c1-15(18,9-11-5-2-3-8-19-11)10-12-13(16)6-4-7-14(12)17/h4,6-7,11,19H,2-3,5,8-10H2,1H3. The second kappa shape index (κ2) is 6.43. The van der Waals surface area contributed by atoms with Crippen molar-refractivity contribution in [3.05, 3.63) is 33.8 Å². The summed E-state index contributed by atoms with van der Waals surface area (Å²) < 4.78 is 14.8. The topological polar surface area (TPSA) is 12.0 Å². The van der Waals surface area contributed by atoms with E-state index in [9.17, 15) is 4.39 Å². The van der Waals surface area contributed by atoms with Crippen molar-refractivity contribution < 1.29 is 4.39 Å². The molecule has 2 unspecified atom stereocenters. The molecule has 2 rings (SSSR count). The zero-order valence-electron chi connectivity index (χ0n) is 11.2. The van der Waals surface area contributed by atoms with Gasteiger partial charge in [0.1, 0.15) is 5.67 Å². The lowest BCUT2D eigenvalue weighted by atomic mass is 9.88. The van der Waals surface area contributed by atoms with Crippen LogP contribution in [0.15, 0.2) is 18.2 Å². The maximum atomic E-state index is 14.8. The van der Waals surface area contributed by atoms with Gasteiger partial charge in [0.2, 0.25) is 0 Å². The van der Waals surface area contributed by atoms with Gasteiger partial charge in [-0.25, -0.2) is 4.39 Å². The van der Waals surface area contributed by atoms with Gasteiger partial charge in [-0.15, -0.1) is 0 Å². The van der Waals surface area contributed by atoms with Crippen LogP contribution in [0.1, 0.15) is 38.2 Å². The highest BCUT2D eigenvalue weighted by atomic mass is 35.5. The fourth-order valence-corrected chi connectivity index (χ4v) is 3.29. The molecule has 2 atom stereocenters. The van der Waals surface area contributed by atoms with E-state index in [4.69, 9.17) is 23.2 Å². The number of hydrogen-bond donors (Lipinski definition) is 1. The number of piperidine rings is 1. The zero-order chi connectivity index (χ0) is 13.9. The minimum absolute atomic E-state index is 0.268. The minimum Gasteiger partial charge on any atom is -0.314 e. The molecule has 1 aromatic carbocycles. The van der Waals surface area contributed by atoms with Crippen LogP contribution in [0.2, 0.25) is 10.0 Å². The van der Waals surface area contributed by atoms with E-state index in [1.54, 1.807) is 25.1 Å². The molecule has 0 bridgehead atoms. The van der Waals surface area contributed by atoms with Gasteiger partial charge in [0, 0.05) is 22.5 Å². The van der Waals surface area contributed by atoms with Gasteiger partial charge in [-0.05, 0) is 50.4 Å². The van der Waals surface area contributed by atoms with E-state index in [1.165, 1.54) is 12.8 Å². The molecule has 19 heavy (non-hydrogen) atoms. The van der Waals surface area contributed by atoms with Crippen LogP contribution in [0.4, 0.5) is 4.39 Å². The number of rotatable bonds is 4. The number of halogens is 3. The van der Waals surface area contributed by atoms with Crippen LogP contribution in [-0.2, 0) is 6.42 Å². The van der Waals surface area contributed by atoms with Crippen molar-refractivity contribution in [1.29, 1.82) is 0 Å². The second-order valence-corrected chi connectivity index (χ2v) is 6.46. The summed E-state index contributed by atoms with van der Waals surface area (Å²) >= 11 is 12.2. The van der Waals surface area contributed by atoms with Crippen LogP contribution in [0.3, 0.4) is 0 Å². The summed E-state index contributed by atoms with van der Waals surface area (Å²) in [5.41, 5.74) is -0.574. The maximum absolute atomic E-state index is 14.8. The molecule has 1 aliphatic rings. The van der Waals surface area contributed by atoms with Crippen molar-refractivity contribution in [2.75, 3.05) is 6.54 Å². The van der Waals surface area contributed by atoms with E-state index in [2.05, 4.69) is 5.32 Å². The quantitative estimate of drug-likeness (QED) is 0.843. The Balaban J connectivity index is 2.03. The molecule has 1 aliphatic heterocycles. The Labute approximate surface area is 124 Å². The Kier molecular flexibility index (Phi) is 5.10. The molecule has 1 N–H and O–H groups in total. The van der Waals surface area contributed by atoms with E-state index in [1.807, 2.05) is 0 Å². The minimum atomic E-state index is -1.29. The molecular weight excluding hydrogens is 284 g/mol. The van der Waals surface area contributed by atoms with Crippen LogP contribution >= 0.6 is 23.2 Å². The predicted octanol–water partition coefficient (Wildman–Crippen LogP) is 4.80. The summed E-state index contributed by atoms with van der Waals surface area (Å²) in [7, 11) is 0. The molecule has 1 saturated heterocycles. The van der Waals surface area contributed by atoms with E-state index in [0.717, 1.165) is 13.0 Å². The van der Waals surface area contributed by atoms with E-state index in [0.29, 0.717) is 22.0 Å². The number of hydrogen-bond acceptors (Lipinski definition) is 1. The summed E-state index contributed by atoms with van der Waals surface area (Å²) in [5.74, 6) is 0. The van der Waals surface area contributed by atoms with E-state index in [-0.39, 0.29) is 12.5 Å². The largest absolute Gasteiger partial charge is 0.314 e. The Morgan fingerprint density at radius 3 is 2.58 bits per heavy atom. The van der Waals surface area contributed by atoms with Crippen molar-refractivity contribution in [2.45, 2.75) is 50.7 Å². The van der Waals surface area contributed by atoms with Crippen molar-refractivity contribution in [2.24, 2.45) is 0 Å². The summed E-state index contributed by atoms with van der Waals surface area (Å²) in [4.78, 5) is 0. The first-order valence-electron chi connectivity index (χ1n) is 6.83. The SMILES string of the molecule is CC(F)(Cc1c(Cl)cccc1Cl)CC1CCCCN1. The van der Waals surface area contributed by atoms with E-state index < -0.39 is 5.67 Å². The summed E-state index contributed by atoms with van der Waals surface area (Å²) in [6, 6.07) is 5.58. The summed E-state index contributed by atoms with van der Waals surface area (Å²) in [6.07, 6.45) is 4.20. The fraction of sp³-hybridized carbons (Fsp3) is 0.600. The molecule has 0 spiro atoms. The lowest BCUT2D eigenvalue weighted by Gasteiger charge is -2.30. The lowest BCUT2D eigenvalue weighted by molar-refractivity contribution is 0.146. The fourth-order valence-electron chi connectivity index (χ4n) is 2.75. The van der Waals surface area contributed by atoms with Crippen molar-refractivity contribution in [3.63, 3.8) is 0 Å². The highest BCUT2D eigenvalue weighted by Gasteiger charge is 2.30. The van der Waals surface area contributed by atoms with Crippen LogP contribution in [0, 0.1) is 0 Å². The Bertz CT molecular complexity index is 408. The third-order valence-electron chi connectivity index (χ3n) is 3.69. The third-order valence-corrected chi connectivity index (χ3v) is 4.40. The molecule has 1 aromatic rings. The van der Waals surface area contributed by atoms with Crippen molar-refractivity contribution in [1.82, 2.24) is 5.32 Å². The highest BCUT2D eigenvalue weighted by molar-refractivity contribution is 6.36. The Morgan fingerprint density at radius 2 is 2.00 bits per heavy atom. The second-order valence-electron chi connectivity index (χ2n) is 5.64. The molecule has 1 nitrogen and oxygen atoms in total. The first-order chi connectivity index (χ1) is 8.98. The molecule has 0 saturated carbocycles. The first kappa shape index (κ1) is 15.1. The molecule has 4 heteroatoms. The predicted molar refractivity (Wildman–Crippen MR) is 79.9 cm³/mol. The summed E-state index contributed by atoms with van der Waals surface area (Å²) in [5, 5.41) is 4.48. The molecule has 1 fully saturated rings. The molecular formula is C15H20Cl2FN. The smallest absolute Gasteiger partial charge is 0.113 e. The normalized spacial score (nSPS) is 23.1. The molecule has 1 heterocycles. The average molecular weight is 304 g/mol. The number of alkyl halides is 1. The van der Waals surface area contributed by atoms with Gasteiger partial charge in [-0.1, -0.05) is 35.7 Å². The Hall–Kier alpha value is -0.310. The third kappa shape index (κ3) is 4.34. The molecule has 0 aliphatic carbocycles. The number of nitrogens with one attached hydrogen (secondary N) is 1. The van der Waals surface area contributed by atoms with Crippen LogP contribution in [0.25, 0.3) is 0 Å². The van der Waals surface area contributed by atoms with Crippen molar-refractivity contribution >= 4 is 23.2 Å². The monoisotopic (exact) mass is 303 g/mol. The molecule has 0 aromatic heterocycles. The summed E-state index contributed by atoms with van der Waals surface area (Å²) in [6.45, 7) is 2.64. The van der Waals surface area contributed by atoms with Gasteiger partial charge < -0.3 is 5.32 Å². The van der Waals surface area contributed by atoms with Gasteiger partial charge in [0.15, 0.2) is 0 Å². The maximum Gasteiger partial charge on any atom is 0.113 e. The molecule has 0 radical (unpaired) electrons. The lowest BCUT2D eigenvalue weighted by Crippen LogP contribution is -2.40. The number of benzene rings is 1. The first-order valence-corrected chi connectivity index (χ1v) is 7.59. The zero-order valence-corrected chi connectivity index (χ0v) is 12.7.